The van der Waals surface area contributed by atoms with Crippen molar-refractivity contribution in [1.82, 2.24) is 0 Å². The first kappa shape index (κ1) is 14.7. The van der Waals surface area contributed by atoms with E-state index in [0.29, 0.717) is 12.5 Å². The average molecular weight is 249 g/mol. The summed E-state index contributed by atoms with van der Waals surface area (Å²) < 4.78 is 0.933. The fourth-order valence-electron chi connectivity index (χ4n) is 2.07. The SMILES string of the molecule is CC[N+](C)(CC)C(C)CC(=O)Nc1ccccc1. The molecule has 0 aliphatic heterocycles. The Hall–Kier alpha value is -1.35. The Morgan fingerprint density at radius 2 is 1.78 bits per heavy atom. The molecule has 1 amide bonds. The van der Waals surface area contributed by atoms with Gasteiger partial charge in [-0.15, -0.1) is 0 Å². The van der Waals surface area contributed by atoms with E-state index in [1.165, 1.54) is 0 Å². The summed E-state index contributed by atoms with van der Waals surface area (Å²) in [6, 6.07) is 9.96. The number of amides is 1. The minimum absolute atomic E-state index is 0.0972. The van der Waals surface area contributed by atoms with Gasteiger partial charge in [0.05, 0.1) is 32.6 Å². The largest absolute Gasteiger partial charge is 0.326 e. The lowest BCUT2D eigenvalue weighted by Gasteiger charge is -2.38. The minimum Gasteiger partial charge on any atom is -0.326 e. The number of nitrogens with one attached hydrogen (secondary N) is 1. The van der Waals surface area contributed by atoms with Gasteiger partial charge in [0.25, 0.3) is 0 Å². The van der Waals surface area contributed by atoms with E-state index in [1.54, 1.807) is 0 Å². The van der Waals surface area contributed by atoms with Gasteiger partial charge in [0.15, 0.2) is 0 Å². The molecular formula is C15H25N2O+. The van der Waals surface area contributed by atoms with Gasteiger partial charge in [-0.05, 0) is 32.9 Å². The van der Waals surface area contributed by atoms with E-state index in [0.717, 1.165) is 23.3 Å². The van der Waals surface area contributed by atoms with Crippen LogP contribution >= 0.6 is 0 Å². The number of carbonyl (C=O) groups is 1. The fourth-order valence-corrected chi connectivity index (χ4v) is 2.07. The monoisotopic (exact) mass is 249 g/mol. The molecule has 1 aromatic carbocycles. The highest BCUT2D eigenvalue weighted by molar-refractivity contribution is 5.90. The Morgan fingerprint density at radius 1 is 1.22 bits per heavy atom. The number of benzene rings is 1. The molecule has 1 N–H and O–H groups in total. The highest BCUT2D eigenvalue weighted by atomic mass is 16.1. The number of nitrogens with zero attached hydrogens (tertiary/aromatic N) is 1. The molecule has 3 heteroatoms. The summed E-state index contributed by atoms with van der Waals surface area (Å²) in [6.45, 7) is 8.61. The van der Waals surface area contributed by atoms with E-state index < -0.39 is 0 Å². The Morgan fingerprint density at radius 3 is 2.28 bits per heavy atom. The van der Waals surface area contributed by atoms with Gasteiger partial charge < -0.3 is 9.80 Å². The maximum atomic E-state index is 12.0. The molecule has 1 unspecified atom stereocenters. The zero-order valence-corrected chi connectivity index (χ0v) is 11.9. The van der Waals surface area contributed by atoms with E-state index in [4.69, 9.17) is 0 Å². The van der Waals surface area contributed by atoms with Crippen molar-refractivity contribution < 1.29 is 9.28 Å². The second-order valence-corrected chi connectivity index (χ2v) is 5.08. The summed E-state index contributed by atoms with van der Waals surface area (Å²) in [5.74, 6) is 0.0972. The summed E-state index contributed by atoms with van der Waals surface area (Å²) in [7, 11) is 2.21. The van der Waals surface area contributed by atoms with Crippen LogP contribution in [0, 0.1) is 0 Å². The van der Waals surface area contributed by atoms with Gasteiger partial charge in [0.1, 0.15) is 0 Å². The lowest BCUT2D eigenvalue weighted by atomic mass is 10.1. The first-order valence-corrected chi connectivity index (χ1v) is 6.71. The van der Waals surface area contributed by atoms with Crippen molar-refractivity contribution in [3.05, 3.63) is 30.3 Å². The van der Waals surface area contributed by atoms with Gasteiger partial charge in [-0.25, -0.2) is 0 Å². The third-order valence-electron chi connectivity index (χ3n) is 4.05. The first-order chi connectivity index (χ1) is 8.51. The molecule has 0 aliphatic rings. The predicted octanol–water partition coefficient (Wildman–Crippen LogP) is 2.89. The summed E-state index contributed by atoms with van der Waals surface area (Å²) in [5, 5.41) is 2.94. The number of hydrogen-bond acceptors (Lipinski definition) is 1. The van der Waals surface area contributed by atoms with Crippen LogP contribution in [0.1, 0.15) is 27.2 Å². The van der Waals surface area contributed by atoms with E-state index in [9.17, 15) is 4.79 Å². The van der Waals surface area contributed by atoms with Crippen LogP contribution in [0.5, 0.6) is 0 Å². The zero-order chi connectivity index (χ0) is 13.6. The Labute approximate surface area is 110 Å². The highest BCUT2D eigenvalue weighted by Gasteiger charge is 2.27. The molecule has 1 rings (SSSR count). The molecule has 100 valence electrons. The first-order valence-electron chi connectivity index (χ1n) is 6.71. The maximum absolute atomic E-state index is 12.0. The maximum Gasteiger partial charge on any atom is 0.230 e. The molecule has 0 fully saturated rings. The van der Waals surface area contributed by atoms with Gasteiger partial charge in [0, 0.05) is 5.69 Å². The summed E-state index contributed by atoms with van der Waals surface area (Å²) in [5.41, 5.74) is 0.872. The van der Waals surface area contributed by atoms with Gasteiger partial charge in [0.2, 0.25) is 5.91 Å². The predicted molar refractivity (Wildman–Crippen MR) is 76.4 cm³/mol. The normalized spacial score (nSPS) is 13.1. The molecule has 18 heavy (non-hydrogen) atoms. The number of hydrogen-bond donors (Lipinski definition) is 1. The molecule has 0 aliphatic carbocycles. The van der Waals surface area contributed by atoms with Crippen LogP contribution in [0.4, 0.5) is 5.69 Å². The molecule has 0 aromatic heterocycles. The quantitative estimate of drug-likeness (QED) is 0.772. The second-order valence-electron chi connectivity index (χ2n) is 5.08. The summed E-state index contributed by atoms with van der Waals surface area (Å²) in [4.78, 5) is 12.0. The van der Waals surface area contributed by atoms with Gasteiger partial charge in [-0.1, -0.05) is 18.2 Å². The van der Waals surface area contributed by atoms with Gasteiger partial charge >= 0.3 is 0 Å². The number of quaternary nitrogens is 1. The Balaban J connectivity index is 2.55. The van der Waals surface area contributed by atoms with Crippen molar-refractivity contribution in [1.29, 1.82) is 0 Å². The van der Waals surface area contributed by atoms with Gasteiger partial charge in [-0.3, -0.25) is 4.79 Å². The van der Waals surface area contributed by atoms with Crippen LogP contribution in [0.3, 0.4) is 0 Å². The molecule has 0 saturated carbocycles. The Bertz CT molecular complexity index is 371. The molecule has 3 nitrogen and oxygen atoms in total. The molecular weight excluding hydrogens is 224 g/mol. The smallest absolute Gasteiger partial charge is 0.230 e. The van der Waals surface area contributed by atoms with Crippen molar-refractivity contribution in [3.63, 3.8) is 0 Å². The molecule has 0 bridgehead atoms. The number of anilines is 1. The zero-order valence-electron chi connectivity index (χ0n) is 11.9. The molecule has 0 radical (unpaired) electrons. The molecule has 0 heterocycles. The van der Waals surface area contributed by atoms with Crippen molar-refractivity contribution in [2.45, 2.75) is 33.2 Å². The topological polar surface area (TPSA) is 29.1 Å². The van der Waals surface area contributed by atoms with Crippen LogP contribution < -0.4 is 5.32 Å². The molecule has 1 aromatic rings. The third-order valence-corrected chi connectivity index (χ3v) is 4.05. The van der Waals surface area contributed by atoms with Crippen LogP contribution in [-0.4, -0.2) is 36.6 Å². The van der Waals surface area contributed by atoms with Crippen molar-refractivity contribution >= 4 is 11.6 Å². The molecule has 0 spiro atoms. The third kappa shape index (κ3) is 3.84. The lowest BCUT2D eigenvalue weighted by Crippen LogP contribution is -2.51. The number of para-hydroxylation sites is 1. The van der Waals surface area contributed by atoms with Crippen LogP contribution in [-0.2, 0) is 4.79 Å². The molecule has 1 atom stereocenters. The average Bonchev–Trinajstić information content (AvgIpc) is 2.38. The van der Waals surface area contributed by atoms with E-state index in [2.05, 4.69) is 33.1 Å². The second kappa shape index (κ2) is 6.55. The molecule has 0 saturated heterocycles. The van der Waals surface area contributed by atoms with Gasteiger partial charge in [-0.2, -0.15) is 0 Å². The fraction of sp³-hybridized carbons (Fsp3) is 0.533. The van der Waals surface area contributed by atoms with E-state index in [-0.39, 0.29) is 5.91 Å². The van der Waals surface area contributed by atoms with Crippen LogP contribution in [0.15, 0.2) is 30.3 Å². The summed E-state index contributed by atoms with van der Waals surface area (Å²) >= 11 is 0. The van der Waals surface area contributed by atoms with Crippen molar-refractivity contribution in [2.75, 3.05) is 25.5 Å². The van der Waals surface area contributed by atoms with Crippen LogP contribution in [0.25, 0.3) is 0 Å². The summed E-state index contributed by atoms with van der Waals surface area (Å²) in [6.07, 6.45) is 0.563. The van der Waals surface area contributed by atoms with E-state index in [1.807, 2.05) is 30.3 Å². The Kier molecular flexibility index (Phi) is 5.35. The lowest BCUT2D eigenvalue weighted by molar-refractivity contribution is -0.927. The van der Waals surface area contributed by atoms with Crippen molar-refractivity contribution in [2.24, 2.45) is 0 Å². The number of carbonyl (C=O) groups excluding carboxylic acids is 1. The highest BCUT2D eigenvalue weighted by Crippen LogP contribution is 2.14. The van der Waals surface area contributed by atoms with Crippen molar-refractivity contribution in [3.8, 4) is 0 Å². The standard InChI is InChI=1S/C15H24N2O/c1-5-17(4,6-2)13(3)12-15(18)16-14-10-8-7-9-11-14/h7-11,13H,5-6,12H2,1-4H3/p+1. The van der Waals surface area contributed by atoms with E-state index >= 15 is 0 Å². The van der Waals surface area contributed by atoms with Crippen LogP contribution in [0.2, 0.25) is 0 Å². The minimum atomic E-state index is 0.0972. The number of rotatable bonds is 6.